The van der Waals surface area contributed by atoms with Gasteiger partial charge >= 0.3 is 0 Å². The van der Waals surface area contributed by atoms with Crippen molar-refractivity contribution in [2.45, 2.75) is 44.9 Å². The quantitative estimate of drug-likeness (QED) is 0.405. The fourth-order valence-electron chi connectivity index (χ4n) is 5.23. The summed E-state index contributed by atoms with van der Waals surface area (Å²) in [6.07, 6.45) is 6.08. The van der Waals surface area contributed by atoms with Crippen molar-refractivity contribution >= 4 is 39.9 Å². The molecule has 1 saturated heterocycles. The third-order valence-electron chi connectivity index (χ3n) is 7.02. The number of thiophene rings is 1. The van der Waals surface area contributed by atoms with Crippen molar-refractivity contribution in [3.63, 3.8) is 0 Å². The highest BCUT2D eigenvalue weighted by Crippen LogP contribution is 2.44. The molecule has 1 amide bonds. The molecule has 3 aliphatic heterocycles. The summed E-state index contributed by atoms with van der Waals surface area (Å²) in [4.78, 5) is 21.1. The summed E-state index contributed by atoms with van der Waals surface area (Å²) in [5.41, 5.74) is 2.79. The standard InChI is InChI=1S/C29H28FN3O3S/c1-29(2)23(15-25(36-29)27-22-8-7-19(30)14-24(22)32-28(27)34)18-9-10-31-26(13-18)33(16-20-5-3-11-35-20)17-21-6-4-12-37-21/h4,6-10,12-15,20H,3,5,11,16-17H2,1-2H3,(H,32,34)/b27-25+. The van der Waals surface area contributed by atoms with E-state index in [1.54, 1.807) is 17.4 Å². The minimum absolute atomic E-state index is 0.193. The summed E-state index contributed by atoms with van der Waals surface area (Å²) >= 11 is 1.73. The molecule has 3 aliphatic rings. The number of allylic oxidation sites excluding steroid dienone is 1. The average Bonchev–Trinajstić information content (AvgIpc) is 3.66. The second kappa shape index (κ2) is 9.43. The Hall–Kier alpha value is -3.49. The minimum Gasteiger partial charge on any atom is -0.482 e. The lowest BCUT2D eigenvalue weighted by Crippen LogP contribution is -2.32. The van der Waals surface area contributed by atoms with E-state index in [2.05, 4.69) is 33.8 Å². The number of rotatable bonds is 6. The molecule has 1 aromatic carbocycles. The highest BCUT2D eigenvalue weighted by molar-refractivity contribution is 7.09. The zero-order valence-corrected chi connectivity index (χ0v) is 21.6. The van der Waals surface area contributed by atoms with E-state index in [0.717, 1.165) is 49.5 Å². The maximum Gasteiger partial charge on any atom is 0.260 e. The Morgan fingerprint density at radius 3 is 2.92 bits per heavy atom. The number of nitrogens with zero attached hydrogens (tertiary/aromatic N) is 2. The Kier molecular flexibility index (Phi) is 6.09. The van der Waals surface area contributed by atoms with Gasteiger partial charge in [0.2, 0.25) is 0 Å². The first-order valence-electron chi connectivity index (χ1n) is 12.5. The molecule has 3 aromatic rings. The topological polar surface area (TPSA) is 63.7 Å². The summed E-state index contributed by atoms with van der Waals surface area (Å²) in [5.74, 6) is 0.668. The molecule has 6 rings (SSSR count). The van der Waals surface area contributed by atoms with Gasteiger partial charge in [-0.3, -0.25) is 4.79 Å². The Balaban J connectivity index is 1.36. The predicted octanol–water partition coefficient (Wildman–Crippen LogP) is 6.02. The fourth-order valence-corrected chi connectivity index (χ4v) is 5.95. The number of anilines is 2. The van der Waals surface area contributed by atoms with Crippen LogP contribution in [0.15, 0.2) is 65.9 Å². The van der Waals surface area contributed by atoms with Crippen molar-refractivity contribution in [2.24, 2.45) is 0 Å². The molecule has 1 fully saturated rings. The second-order valence-electron chi connectivity index (χ2n) is 10.1. The summed E-state index contributed by atoms with van der Waals surface area (Å²) in [5, 5.41) is 4.84. The van der Waals surface area contributed by atoms with Crippen molar-refractivity contribution in [1.82, 2.24) is 4.98 Å². The van der Waals surface area contributed by atoms with Crippen molar-refractivity contribution in [2.75, 3.05) is 23.4 Å². The molecule has 2 aromatic heterocycles. The molecule has 5 heterocycles. The Bertz CT molecular complexity index is 1410. The molecule has 37 heavy (non-hydrogen) atoms. The van der Waals surface area contributed by atoms with Crippen LogP contribution in [0.2, 0.25) is 0 Å². The molecule has 1 atom stereocenters. The van der Waals surface area contributed by atoms with Crippen molar-refractivity contribution in [3.8, 4) is 0 Å². The second-order valence-corrected chi connectivity index (χ2v) is 11.1. The van der Waals surface area contributed by atoms with E-state index in [0.29, 0.717) is 22.6 Å². The maximum atomic E-state index is 13.7. The summed E-state index contributed by atoms with van der Waals surface area (Å²) in [6.45, 7) is 6.32. The highest BCUT2D eigenvalue weighted by Gasteiger charge is 2.38. The first-order valence-corrected chi connectivity index (χ1v) is 13.4. The summed E-state index contributed by atoms with van der Waals surface area (Å²) in [7, 11) is 0. The van der Waals surface area contributed by atoms with Gasteiger partial charge in [-0.2, -0.15) is 0 Å². The van der Waals surface area contributed by atoms with Gasteiger partial charge in [0.25, 0.3) is 5.91 Å². The maximum absolute atomic E-state index is 13.7. The molecule has 1 N–H and O–H groups in total. The number of carbonyl (C=O) groups is 1. The van der Waals surface area contributed by atoms with Crippen LogP contribution < -0.4 is 10.2 Å². The number of ether oxygens (including phenoxy) is 2. The monoisotopic (exact) mass is 517 g/mol. The smallest absolute Gasteiger partial charge is 0.260 e. The predicted molar refractivity (Wildman–Crippen MR) is 144 cm³/mol. The SMILES string of the molecule is CC1(C)O/C(=C2/C(=O)Nc3cc(F)ccc32)C=C1c1ccnc(N(Cc2cccs2)CC2CCCO2)c1. The molecule has 8 heteroatoms. The lowest BCUT2D eigenvalue weighted by Gasteiger charge is -2.27. The number of hydrogen-bond acceptors (Lipinski definition) is 6. The van der Waals surface area contributed by atoms with Gasteiger partial charge < -0.3 is 19.7 Å². The summed E-state index contributed by atoms with van der Waals surface area (Å²) in [6, 6.07) is 12.6. The van der Waals surface area contributed by atoms with E-state index in [1.807, 2.05) is 32.2 Å². The van der Waals surface area contributed by atoms with Gasteiger partial charge in [-0.05, 0) is 80.1 Å². The van der Waals surface area contributed by atoms with E-state index in [9.17, 15) is 9.18 Å². The molecule has 0 radical (unpaired) electrons. The third-order valence-corrected chi connectivity index (χ3v) is 7.88. The molecular weight excluding hydrogens is 489 g/mol. The zero-order chi connectivity index (χ0) is 25.6. The molecule has 0 spiro atoms. The minimum atomic E-state index is -0.669. The number of fused-ring (bicyclic) bond motifs is 1. The molecular formula is C29H28FN3O3S. The third kappa shape index (κ3) is 4.67. The number of hydrogen-bond donors (Lipinski definition) is 1. The van der Waals surface area contributed by atoms with Gasteiger partial charge in [0.1, 0.15) is 23.0 Å². The normalized spacial score (nSPS) is 22.0. The van der Waals surface area contributed by atoms with E-state index in [4.69, 9.17) is 14.5 Å². The molecule has 0 saturated carbocycles. The fraction of sp³-hybridized carbons (Fsp3) is 0.310. The van der Waals surface area contributed by atoms with Gasteiger partial charge in [-0.1, -0.05) is 6.07 Å². The first-order chi connectivity index (χ1) is 17.9. The van der Waals surface area contributed by atoms with Crippen molar-refractivity contribution < 1.29 is 18.7 Å². The van der Waals surface area contributed by atoms with Crippen LogP contribution in [0.1, 0.15) is 42.7 Å². The number of aromatic nitrogens is 1. The number of amides is 1. The van der Waals surface area contributed by atoms with Crippen LogP contribution in [-0.2, 0) is 20.8 Å². The Labute approximate surface area is 219 Å². The van der Waals surface area contributed by atoms with Crippen LogP contribution >= 0.6 is 11.3 Å². The van der Waals surface area contributed by atoms with Gasteiger partial charge in [-0.25, -0.2) is 9.37 Å². The number of halogens is 1. The highest BCUT2D eigenvalue weighted by atomic mass is 32.1. The molecule has 1 unspecified atom stereocenters. The molecule has 6 nitrogen and oxygen atoms in total. The molecule has 0 aliphatic carbocycles. The first kappa shape index (κ1) is 23.9. The van der Waals surface area contributed by atoms with E-state index < -0.39 is 11.4 Å². The van der Waals surface area contributed by atoms with Crippen LogP contribution in [0.3, 0.4) is 0 Å². The largest absolute Gasteiger partial charge is 0.482 e. The van der Waals surface area contributed by atoms with E-state index in [1.165, 1.54) is 17.0 Å². The lowest BCUT2D eigenvalue weighted by atomic mass is 9.92. The van der Waals surface area contributed by atoms with Crippen LogP contribution in [0, 0.1) is 5.82 Å². The van der Waals surface area contributed by atoms with Crippen LogP contribution in [-0.4, -0.2) is 35.7 Å². The van der Waals surface area contributed by atoms with Gasteiger partial charge in [-0.15, -0.1) is 11.3 Å². The van der Waals surface area contributed by atoms with Crippen molar-refractivity contribution in [1.29, 1.82) is 0 Å². The van der Waals surface area contributed by atoms with Gasteiger partial charge in [0.05, 0.1) is 23.9 Å². The molecule has 190 valence electrons. The van der Waals surface area contributed by atoms with E-state index in [-0.39, 0.29) is 12.0 Å². The lowest BCUT2D eigenvalue weighted by molar-refractivity contribution is -0.111. The van der Waals surface area contributed by atoms with Crippen molar-refractivity contribution in [3.05, 3.63) is 87.7 Å². The number of benzene rings is 1. The van der Waals surface area contributed by atoms with E-state index >= 15 is 0 Å². The zero-order valence-electron chi connectivity index (χ0n) is 20.8. The number of pyridine rings is 1. The van der Waals surface area contributed by atoms with Gasteiger partial charge in [0.15, 0.2) is 0 Å². The average molecular weight is 518 g/mol. The Morgan fingerprint density at radius 1 is 1.24 bits per heavy atom. The van der Waals surface area contributed by atoms with Gasteiger partial charge in [0, 0.05) is 35.4 Å². The van der Waals surface area contributed by atoms with Crippen LogP contribution in [0.25, 0.3) is 11.1 Å². The number of nitrogens with one attached hydrogen (secondary N) is 1. The summed E-state index contributed by atoms with van der Waals surface area (Å²) < 4.78 is 26.0. The Morgan fingerprint density at radius 2 is 2.14 bits per heavy atom. The van der Waals surface area contributed by atoms with Crippen LogP contribution in [0.4, 0.5) is 15.9 Å². The molecule has 0 bridgehead atoms. The van der Waals surface area contributed by atoms with Crippen LogP contribution in [0.5, 0.6) is 0 Å². The number of carbonyl (C=O) groups excluding carboxylic acids is 1.